The van der Waals surface area contributed by atoms with Crippen molar-refractivity contribution in [2.75, 3.05) is 5.32 Å². The molecule has 0 saturated carbocycles. The molecule has 2 heterocycles. The molecule has 1 aromatic heterocycles. The summed E-state index contributed by atoms with van der Waals surface area (Å²) in [4.78, 5) is 33.2. The standard InChI is InChI=1S/C20H17N3O2S2/c1-12-11-26-18(21-12)10-19-23-20(25)16(27-19)9-17(24)22-15-8-4-6-13-5-2-3-7-14(13)15/h2-8,11,16H,9-10H2,1H3,(H,22,24)/t16-/m1/s1. The molecule has 1 aliphatic rings. The van der Waals surface area contributed by atoms with Gasteiger partial charge < -0.3 is 5.32 Å². The number of hydrogen-bond donors (Lipinski definition) is 1. The van der Waals surface area contributed by atoms with E-state index in [1.165, 1.54) is 11.8 Å². The number of thiazole rings is 1. The van der Waals surface area contributed by atoms with E-state index in [4.69, 9.17) is 0 Å². The van der Waals surface area contributed by atoms with Crippen LogP contribution < -0.4 is 5.32 Å². The van der Waals surface area contributed by atoms with Crippen molar-refractivity contribution in [3.8, 4) is 0 Å². The summed E-state index contributed by atoms with van der Waals surface area (Å²) >= 11 is 2.93. The quantitative estimate of drug-likeness (QED) is 0.702. The first-order valence-corrected chi connectivity index (χ1v) is 10.3. The Labute approximate surface area is 164 Å². The molecular weight excluding hydrogens is 378 g/mol. The van der Waals surface area contributed by atoms with Gasteiger partial charge in [-0.05, 0) is 18.4 Å². The number of thioether (sulfide) groups is 1. The lowest BCUT2D eigenvalue weighted by atomic mass is 10.1. The van der Waals surface area contributed by atoms with Crippen LogP contribution in [-0.2, 0) is 16.0 Å². The lowest BCUT2D eigenvalue weighted by molar-refractivity contribution is -0.121. The fourth-order valence-electron chi connectivity index (χ4n) is 2.96. The average molecular weight is 396 g/mol. The van der Waals surface area contributed by atoms with Gasteiger partial charge in [0.05, 0.1) is 10.1 Å². The Hall–Kier alpha value is -2.51. The Balaban J connectivity index is 1.39. The van der Waals surface area contributed by atoms with E-state index in [9.17, 15) is 9.59 Å². The Morgan fingerprint density at radius 1 is 1.19 bits per heavy atom. The maximum absolute atomic E-state index is 12.5. The highest BCUT2D eigenvalue weighted by atomic mass is 32.2. The zero-order valence-electron chi connectivity index (χ0n) is 14.6. The second kappa shape index (κ2) is 7.62. The van der Waals surface area contributed by atoms with E-state index in [2.05, 4.69) is 15.3 Å². The highest BCUT2D eigenvalue weighted by Crippen LogP contribution is 2.29. The molecule has 0 fully saturated rings. The van der Waals surface area contributed by atoms with Gasteiger partial charge in [0.25, 0.3) is 5.91 Å². The molecule has 1 aliphatic heterocycles. The summed E-state index contributed by atoms with van der Waals surface area (Å²) in [5, 5.41) is 8.16. The summed E-state index contributed by atoms with van der Waals surface area (Å²) in [6, 6.07) is 13.7. The van der Waals surface area contributed by atoms with Crippen LogP contribution >= 0.6 is 23.1 Å². The third kappa shape index (κ3) is 4.09. The van der Waals surface area contributed by atoms with E-state index in [1.54, 1.807) is 11.3 Å². The molecule has 0 radical (unpaired) electrons. The SMILES string of the molecule is Cc1csc(CC2=NC(=O)[C@@H](CC(=O)Nc3cccc4ccccc34)S2)n1. The van der Waals surface area contributed by atoms with E-state index in [-0.39, 0.29) is 18.2 Å². The molecule has 0 spiro atoms. The van der Waals surface area contributed by atoms with E-state index < -0.39 is 5.25 Å². The van der Waals surface area contributed by atoms with Crippen LogP contribution in [0.2, 0.25) is 0 Å². The average Bonchev–Trinajstić information content (AvgIpc) is 3.20. The molecule has 3 aromatic rings. The van der Waals surface area contributed by atoms with E-state index in [0.29, 0.717) is 6.42 Å². The van der Waals surface area contributed by atoms with E-state index in [0.717, 1.165) is 32.2 Å². The predicted molar refractivity (Wildman–Crippen MR) is 112 cm³/mol. The van der Waals surface area contributed by atoms with Crippen LogP contribution in [0.15, 0.2) is 52.8 Å². The number of nitrogens with zero attached hydrogens (tertiary/aromatic N) is 2. The molecule has 5 nitrogen and oxygen atoms in total. The number of carbonyl (C=O) groups excluding carboxylic acids is 2. The Bertz CT molecular complexity index is 1050. The first kappa shape index (κ1) is 17.9. The van der Waals surface area contributed by atoms with Gasteiger partial charge in [0.15, 0.2) is 0 Å². The van der Waals surface area contributed by atoms with Crippen LogP contribution in [0.5, 0.6) is 0 Å². The largest absolute Gasteiger partial charge is 0.325 e. The second-order valence-corrected chi connectivity index (χ2v) is 8.51. The minimum absolute atomic E-state index is 0.108. The summed E-state index contributed by atoms with van der Waals surface area (Å²) in [6.45, 7) is 1.94. The van der Waals surface area contributed by atoms with Crippen LogP contribution in [0.4, 0.5) is 5.69 Å². The van der Waals surface area contributed by atoms with Crippen LogP contribution in [0.25, 0.3) is 10.8 Å². The van der Waals surface area contributed by atoms with Crippen molar-refractivity contribution in [1.29, 1.82) is 0 Å². The number of carbonyl (C=O) groups is 2. The summed E-state index contributed by atoms with van der Waals surface area (Å²) in [7, 11) is 0. The zero-order chi connectivity index (χ0) is 18.8. The van der Waals surface area contributed by atoms with Gasteiger partial charge in [0, 0.05) is 35.0 Å². The number of rotatable bonds is 5. The van der Waals surface area contributed by atoms with E-state index >= 15 is 0 Å². The number of aliphatic imine (C=N–C) groups is 1. The number of fused-ring (bicyclic) bond motifs is 1. The Morgan fingerprint density at radius 3 is 2.81 bits per heavy atom. The molecule has 136 valence electrons. The molecule has 7 heteroatoms. The third-order valence-corrected chi connectivity index (χ3v) is 6.32. The van der Waals surface area contributed by atoms with Gasteiger partial charge in [-0.15, -0.1) is 11.3 Å². The van der Waals surface area contributed by atoms with Crippen molar-refractivity contribution >= 4 is 56.4 Å². The number of hydrogen-bond acceptors (Lipinski definition) is 5. The van der Waals surface area contributed by atoms with E-state index in [1.807, 2.05) is 54.8 Å². The van der Waals surface area contributed by atoms with Gasteiger partial charge in [-0.1, -0.05) is 48.2 Å². The Kier molecular flexibility index (Phi) is 5.05. The highest BCUT2D eigenvalue weighted by Gasteiger charge is 2.30. The number of amides is 2. The number of anilines is 1. The first-order valence-electron chi connectivity index (χ1n) is 8.55. The van der Waals surface area contributed by atoms with Gasteiger partial charge in [-0.3, -0.25) is 9.59 Å². The minimum Gasteiger partial charge on any atom is -0.325 e. The highest BCUT2D eigenvalue weighted by molar-refractivity contribution is 8.15. The van der Waals surface area contributed by atoms with Crippen LogP contribution in [-0.4, -0.2) is 27.1 Å². The fraction of sp³-hybridized carbons (Fsp3) is 0.200. The molecule has 1 atom stereocenters. The fourth-order valence-corrected chi connectivity index (χ4v) is 4.91. The topological polar surface area (TPSA) is 71.4 Å². The number of aromatic nitrogens is 1. The molecule has 0 saturated heterocycles. The van der Waals surface area contributed by atoms with Crippen molar-refractivity contribution in [2.24, 2.45) is 4.99 Å². The molecule has 0 aliphatic carbocycles. The van der Waals surface area contributed by atoms with Gasteiger partial charge in [0.2, 0.25) is 5.91 Å². The summed E-state index contributed by atoms with van der Waals surface area (Å²) in [5.74, 6) is -0.421. The van der Waals surface area contributed by atoms with Gasteiger partial charge >= 0.3 is 0 Å². The molecule has 2 aromatic carbocycles. The summed E-state index contributed by atoms with van der Waals surface area (Å²) in [5.41, 5.74) is 1.73. The van der Waals surface area contributed by atoms with Crippen molar-refractivity contribution in [3.63, 3.8) is 0 Å². The second-order valence-electron chi connectivity index (χ2n) is 6.29. The molecular formula is C20H17N3O2S2. The molecule has 0 unspecified atom stereocenters. The van der Waals surface area contributed by atoms with Gasteiger partial charge in [0.1, 0.15) is 5.25 Å². The normalized spacial score (nSPS) is 16.6. The number of nitrogens with one attached hydrogen (secondary N) is 1. The monoisotopic (exact) mass is 395 g/mol. The van der Waals surface area contributed by atoms with Crippen molar-refractivity contribution < 1.29 is 9.59 Å². The number of benzene rings is 2. The number of aryl methyl sites for hydroxylation is 1. The smallest absolute Gasteiger partial charge is 0.260 e. The molecule has 27 heavy (non-hydrogen) atoms. The van der Waals surface area contributed by atoms with Crippen molar-refractivity contribution in [3.05, 3.63) is 58.5 Å². The van der Waals surface area contributed by atoms with Crippen molar-refractivity contribution in [1.82, 2.24) is 4.98 Å². The molecule has 0 bridgehead atoms. The summed E-state index contributed by atoms with van der Waals surface area (Å²) < 4.78 is 0. The lowest BCUT2D eigenvalue weighted by Gasteiger charge is -2.10. The van der Waals surface area contributed by atoms with Crippen LogP contribution in [0, 0.1) is 6.92 Å². The third-order valence-electron chi connectivity index (χ3n) is 4.19. The maximum atomic E-state index is 12.5. The molecule has 1 N–H and O–H groups in total. The molecule has 4 rings (SSSR count). The van der Waals surface area contributed by atoms with Gasteiger partial charge in [-0.25, -0.2) is 9.98 Å². The zero-order valence-corrected chi connectivity index (χ0v) is 16.3. The first-order chi connectivity index (χ1) is 13.1. The Morgan fingerprint density at radius 2 is 2.00 bits per heavy atom. The maximum Gasteiger partial charge on any atom is 0.260 e. The predicted octanol–water partition coefficient (Wildman–Crippen LogP) is 4.22. The summed E-state index contributed by atoms with van der Waals surface area (Å²) in [6.07, 6.45) is 0.660. The van der Waals surface area contributed by atoms with Gasteiger partial charge in [-0.2, -0.15) is 0 Å². The van der Waals surface area contributed by atoms with Crippen LogP contribution in [0.3, 0.4) is 0 Å². The van der Waals surface area contributed by atoms with Crippen molar-refractivity contribution in [2.45, 2.75) is 25.0 Å². The van der Waals surface area contributed by atoms with Crippen LogP contribution in [0.1, 0.15) is 17.1 Å². The lowest BCUT2D eigenvalue weighted by Crippen LogP contribution is -2.21. The minimum atomic E-state index is -0.462. The molecule has 2 amide bonds.